The summed E-state index contributed by atoms with van der Waals surface area (Å²) < 4.78 is 0. The molecule has 0 spiro atoms. The number of aliphatic hydroxyl groups excluding tert-OH is 4. The molecule has 2 atom stereocenters. The number of phenols is 1. The maximum atomic E-state index is 11.6. The molecule has 2 unspecified atom stereocenters. The minimum absolute atomic E-state index is 0.0390. The van der Waals surface area contributed by atoms with Crippen molar-refractivity contribution in [1.82, 2.24) is 9.80 Å². The third kappa shape index (κ3) is 8.51. The number of aliphatic hydroxyl groups is 4. The van der Waals surface area contributed by atoms with Crippen molar-refractivity contribution in [3.63, 3.8) is 0 Å². The van der Waals surface area contributed by atoms with Crippen LogP contribution in [0.15, 0.2) is 36.4 Å². The fourth-order valence-electron chi connectivity index (χ4n) is 4.08. The molecule has 0 saturated heterocycles. The van der Waals surface area contributed by atoms with E-state index in [1.807, 2.05) is 13.0 Å². The van der Waals surface area contributed by atoms with E-state index in [0.29, 0.717) is 11.1 Å². The second-order valence-corrected chi connectivity index (χ2v) is 8.24. The van der Waals surface area contributed by atoms with E-state index < -0.39 is 24.7 Å². The molecule has 6 N–H and O–H groups in total. The van der Waals surface area contributed by atoms with Crippen molar-refractivity contribution in [2.45, 2.75) is 45.3 Å². The van der Waals surface area contributed by atoms with Crippen molar-refractivity contribution in [2.24, 2.45) is 0 Å². The van der Waals surface area contributed by atoms with Crippen LogP contribution >= 0.6 is 0 Å². The molecule has 36 heavy (non-hydrogen) atoms. The third-order valence-corrected chi connectivity index (χ3v) is 6.09. The van der Waals surface area contributed by atoms with E-state index in [-0.39, 0.29) is 51.4 Å². The summed E-state index contributed by atoms with van der Waals surface area (Å²) in [4.78, 5) is 31.2. The van der Waals surface area contributed by atoms with Gasteiger partial charge in [-0.3, -0.25) is 14.6 Å². The zero-order valence-electron chi connectivity index (χ0n) is 20.4. The van der Waals surface area contributed by atoms with Crippen LogP contribution in [0.4, 0.5) is 0 Å². The summed E-state index contributed by atoms with van der Waals surface area (Å²) >= 11 is 0. The Bertz CT molecular complexity index is 1010. The summed E-state index contributed by atoms with van der Waals surface area (Å²) in [6.07, 6.45) is 0.250. The van der Waals surface area contributed by atoms with Gasteiger partial charge in [-0.15, -0.1) is 0 Å². The normalized spacial score (nSPS) is 12.6. The highest BCUT2D eigenvalue weighted by Crippen LogP contribution is 2.25. The summed E-state index contributed by atoms with van der Waals surface area (Å²) in [5.41, 5.74) is 3.31. The number of para-hydroxylation sites is 1. The lowest BCUT2D eigenvalue weighted by Gasteiger charge is -2.39. The van der Waals surface area contributed by atoms with Crippen LogP contribution < -0.4 is 0 Å². The molecular weight excluding hydrogens is 472 g/mol. The highest BCUT2D eigenvalue weighted by Gasteiger charge is 2.31. The zero-order chi connectivity index (χ0) is 27.3. The van der Waals surface area contributed by atoms with E-state index in [1.54, 1.807) is 47.2 Å². The van der Waals surface area contributed by atoms with Gasteiger partial charge in [0, 0.05) is 24.2 Å². The average Bonchev–Trinajstić information content (AvgIpc) is 2.84. The molecule has 2 aromatic rings. The maximum absolute atomic E-state index is 11.6. The van der Waals surface area contributed by atoms with Gasteiger partial charge in [0.2, 0.25) is 0 Å². The summed E-state index contributed by atoms with van der Waals surface area (Å²) in [5, 5.41) is 59.2. The maximum Gasteiger partial charge on any atom is 0.373 e. The van der Waals surface area contributed by atoms with E-state index in [4.69, 9.17) is 9.59 Å². The van der Waals surface area contributed by atoms with Crippen molar-refractivity contribution in [2.75, 3.05) is 26.8 Å². The van der Waals surface area contributed by atoms with Gasteiger partial charge in [-0.25, -0.2) is 0 Å². The first-order valence-corrected chi connectivity index (χ1v) is 11.1. The predicted octanol–water partition coefficient (Wildman–Crippen LogP) is -0.158. The lowest BCUT2D eigenvalue weighted by molar-refractivity contribution is -0.191. The molecule has 0 bridgehead atoms. The van der Waals surface area contributed by atoms with Gasteiger partial charge in [-0.1, -0.05) is 36.4 Å². The van der Waals surface area contributed by atoms with Crippen molar-refractivity contribution >= 4 is 12.1 Å². The number of nitrogens with zero attached hydrogens (tertiary/aromatic N) is 2. The minimum Gasteiger partial charge on any atom is -0.507 e. The van der Waals surface area contributed by atoms with Crippen molar-refractivity contribution in [1.29, 1.82) is 0 Å². The molecular formula is C25H34N2O9. The van der Waals surface area contributed by atoms with E-state index in [2.05, 4.69) is 0 Å². The molecule has 2 aromatic carbocycles. The van der Waals surface area contributed by atoms with E-state index >= 15 is 0 Å². The van der Waals surface area contributed by atoms with E-state index in [0.717, 1.165) is 16.7 Å². The van der Waals surface area contributed by atoms with Gasteiger partial charge in [0.05, 0.1) is 45.1 Å². The van der Waals surface area contributed by atoms with Crippen LogP contribution in [-0.2, 0) is 40.7 Å². The van der Waals surface area contributed by atoms with E-state index in [1.165, 1.54) is 0 Å². The SMILES string of the molecule is Cc1c(CO)cccc1CN(CC(=O)O)C(CO)C(CO)N(C)Cc1cccc(CO)c1O.O=C=O. The molecule has 0 aliphatic carbocycles. The molecule has 0 amide bonds. The Balaban J connectivity index is 0.00000205. The topological polar surface area (TPSA) is 179 Å². The van der Waals surface area contributed by atoms with Crippen LogP contribution in [0.1, 0.15) is 27.8 Å². The van der Waals surface area contributed by atoms with Crippen molar-refractivity contribution in [3.05, 3.63) is 64.2 Å². The summed E-state index contributed by atoms with van der Waals surface area (Å²) in [6, 6.07) is 9.06. The predicted molar refractivity (Wildman–Crippen MR) is 127 cm³/mol. The van der Waals surface area contributed by atoms with Crippen LogP contribution in [0, 0.1) is 6.92 Å². The second-order valence-electron chi connectivity index (χ2n) is 8.24. The quantitative estimate of drug-likeness (QED) is 0.213. The summed E-state index contributed by atoms with van der Waals surface area (Å²) in [5.74, 6) is -1.11. The number of hydrogen-bond donors (Lipinski definition) is 6. The monoisotopic (exact) mass is 506 g/mol. The largest absolute Gasteiger partial charge is 0.507 e. The molecule has 0 aliphatic rings. The average molecular weight is 507 g/mol. The molecule has 2 rings (SSSR count). The Kier molecular flexibility index (Phi) is 13.5. The number of carboxylic acid groups (broad SMARTS) is 1. The van der Waals surface area contributed by atoms with Crippen molar-refractivity contribution < 1.29 is 45.0 Å². The lowest BCUT2D eigenvalue weighted by Crippen LogP contribution is -2.55. The summed E-state index contributed by atoms with van der Waals surface area (Å²) in [6.45, 7) is 0.696. The number of rotatable bonds is 13. The van der Waals surface area contributed by atoms with Gasteiger partial charge in [-0.2, -0.15) is 9.59 Å². The van der Waals surface area contributed by atoms with Crippen LogP contribution in [0.25, 0.3) is 0 Å². The number of carbonyl (C=O) groups is 1. The molecule has 11 nitrogen and oxygen atoms in total. The van der Waals surface area contributed by atoms with Gasteiger partial charge in [0.1, 0.15) is 5.75 Å². The van der Waals surface area contributed by atoms with E-state index in [9.17, 15) is 35.4 Å². The number of hydrogen-bond acceptors (Lipinski definition) is 10. The number of likely N-dealkylation sites (N-methyl/N-ethyl adjacent to an activating group) is 1. The van der Waals surface area contributed by atoms with Gasteiger partial charge in [0.25, 0.3) is 0 Å². The fourth-order valence-corrected chi connectivity index (χ4v) is 4.08. The first-order valence-electron chi connectivity index (χ1n) is 11.1. The Hall–Kier alpha value is -3.15. The molecule has 0 aliphatic heterocycles. The second kappa shape index (κ2) is 15.8. The molecule has 0 heterocycles. The first kappa shape index (κ1) is 30.9. The highest BCUT2D eigenvalue weighted by molar-refractivity contribution is 5.69. The number of aliphatic carboxylic acids is 1. The highest BCUT2D eigenvalue weighted by atomic mass is 16.4. The molecule has 0 aromatic heterocycles. The van der Waals surface area contributed by atoms with Crippen LogP contribution in [0.2, 0.25) is 0 Å². The number of carboxylic acids is 1. The number of carbonyl (C=O) groups excluding carboxylic acids is 2. The van der Waals surface area contributed by atoms with Gasteiger partial charge < -0.3 is 30.6 Å². The van der Waals surface area contributed by atoms with Crippen LogP contribution in [0.3, 0.4) is 0 Å². The van der Waals surface area contributed by atoms with Gasteiger partial charge >= 0.3 is 12.1 Å². The molecule has 198 valence electrons. The Morgan fingerprint density at radius 2 is 1.36 bits per heavy atom. The molecule has 0 radical (unpaired) electrons. The molecule has 0 saturated carbocycles. The van der Waals surface area contributed by atoms with Crippen LogP contribution in [-0.4, -0.2) is 91.4 Å². The molecule has 0 fully saturated rings. The number of benzene rings is 2. The van der Waals surface area contributed by atoms with Crippen molar-refractivity contribution in [3.8, 4) is 5.75 Å². The lowest BCUT2D eigenvalue weighted by atomic mass is 10.00. The zero-order valence-corrected chi connectivity index (χ0v) is 20.4. The minimum atomic E-state index is -1.07. The van der Waals surface area contributed by atoms with Gasteiger partial charge in [0.15, 0.2) is 0 Å². The Labute approximate surface area is 209 Å². The fraction of sp³-hybridized carbons (Fsp3) is 0.440. The Morgan fingerprint density at radius 3 is 1.86 bits per heavy atom. The van der Waals surface area contributed by atoms with Crippen LogP contribution in [0.5, 0.6) is 5.75 Å². The standard InChI is InChI=1S/C24H34N2O7.CO2/c1-16-17(5-3-7-19(16)12-27)10-26(11-23(31)32)22(15-30)21(14-29)25(2)9-18-6-4-8-20(13-28)24(18)33;2-1-3/h3-8,21-22,27-30,33H,9-15H2,1-2H3,(H,31,32);. The summed E-state index contributed by atoms with van der Waals surface area (Å²) in [7, 11) is 1.71. The molecule has 11 heteroatoms. The number of aromatic hydroxyl groups is 1. The Morgan fingerprint density at radius 1 is 0.861 bits per heavy atom. The first-order chi connectivity index (χ1) is 17.2. The third-order valence-electron chi connectivity index (χ3n) is 6.09. The smallest absolute Gasteiger partial charge is 0.373 e. The van der Waals surface area contributed by atoms with Gasteiger partial charge in [-0.05, 0) is 30.7 Å².